The molecule has 11 heteroatoms. The van der Waals surface area contributed by atoms with Crippen molar-refractivity contribution in [1.82, 2.24) is 25.4 Å². The van der Waals surface area contributed by atoms with Crippen LogP contribution in [0.15, 0.2) is 33.9 Å². The van der Waals surface area contributed by atoms with E-state index in [2.05, 4.69) is 25.4 Å². The number of hydrogen-bond donors (Lipinski definition) is 2. The number of carbonyl (C=O) groups excluding carboxylic acids is 2. The van der Waals surface area contributed by atoms with Gasteiger partial charge in [-0.1, -0.05) is 17.8 Å². The third kappa shape index (κ3) is 4.94. The Morgan fingerprint density at radius 2 is 2.32 bits per heavy atom. The van der Waals surface area contributed by atoms with Crippen molar-refractivity contribution in [3.63, 3.8) is 0 Å². The number of amides is 2. The van der Waals surface area contributed by atoms with Crippen molar-refractivity contribution < 1.29 is 19.1 Å². The van der Waals surface area contributed by atoms with Crippen molar-refractivity contribution in [3.8, 4) is 10.7 Å². The maximum absolute atomic E-state index is 12.5. The second-order valence-corrected chi connectivity index (χ2v) is 9.14. The van der Waals surface area contributed by atoms with Gasteiger partial charge in [0.2, 0.25) is 0 Å². The summed E-state index contributed by atoms with van der Waals surface area (Å²) in [5.74, 6) is 0.730. The van der Waals surface area contributed by atoms with Gasteiger partial charge in [-0.2, -0.15) is 0 Å². The van der Waals surface area contributed by atoms with E-state index in [1.54, 1.807) is 25.2 Å². The largest absolute Gasteiger partial charge is 0.463 e. The maximum Gasteiger partial charge on any atom is 0.337 e. The quantitative estimate of drug-likeness (QED) is 0.458. The van der Waals surface area contributed by atoms with Gasteiger partial charge in [-0.3, -0.25) is 4.57 Å². The summed E-state index contributed by atoms with van der Waals surface area (Å²) in [6, 6.07) is 3.23. The predicted molar refractivity (Wildman–Crippen MR) is 118 cm³/mol. The number of urea groups is 1. The van der Waals surface area contributed by atoms with Crippen LogP contribution in [0.5, 0.6) is 0 Å². The van der Waals surface area contributed by atoms with Crippen molar-refractivity contribution in [2.45, 2.75) is 50.5 Å². The van der Waals surface area contributed by atoms with Gasteiger partial charge in [0.05, 0.1) is 35.7 Å². The first-order valence-electron chi connectivity index (χ1n) is 10.3. The number of thiophene rings is 1. The van der Waals surface area contributed by atoms with E-state index in [1.165, 1.54) is 11.8 Å². The molecule has 2 aromatic rings. The standard InChI is InChI=1S/C20H25N5O4S2/c1-3-28-18(26)16-12(2)21-19(27)22-14(16)11-31-20-24-23-17(15-7-5-9-30-15)25(20)10-13-6-4-8-29-13/h5,7,9,12-13H,3-4,6,8,10-11H2,1-2H3,(H2,21,22,27)/t12-,13-/m1/s1. The summed E-state index contributed by atoms with van der Waals surface area (Å²) in [5.41, 5.74) is 0.960. The van der Waals surface area contributed by atoms with E-state index >= 15 is 0 Å². The Kier molecular flexibility index (Phi) is 6.93. The molecule has 4 heterocycles. The zero-order valence-corrected chi connectivity index (χ0v) is 19.1. The Bertz CT molecular complexity index is 966. The Morgan fingerprint density at radius 3 is 3.03 bits per heavy atom. The fourth-order valence-corrected chi connectivity index (χ4v) is 5.30. The van der Waals surface area contributed by atoms with Crippen LogP contribution in [0.1, 0.15) is 26.7 Å². The van der Waals surface area contributed by atoms with Crippen molar-refractivity contribution >= 4 is 35.1 Å². The summed E-state index contributed by atoms with van der Waals surface area (Å²) >= 11 is 3.04. The molecule has 2 aliphatic heterocycles. The summed E-state index contributed by atoms with van der Waals surface area (Å²) in [7, 11) is 0. The van der Waals surface area contributed by atoms with Gasteiger partial charge >= 0.3 is 12.0 Å². The second kappa shape index (κ2) is 9.84. The Morgan fingerprint density at radius 1 is 1.45 bits per heavy atom. The number of rotatable bonds is 8. The van der Waals surface area contributed by atoms with Crippen LogP contribution >= 0.6 is 23.1 Å². The number of nitrogens with zero attached hydrogens (tertiary/aromatic N) is 3. The Labute approximate surface area is 188 Å². The highest BCUT2D eigenvalue weighted by atomic mass is 32.2. The minimum Gasteiger partial charge on any atom is -0.463 e. The topological polar surface area (TPSA) is 107 Å². The Hall–Kier alpha value is -2.37. The van der Waals surface area contributed by atoms with Gasteiger partial charge in [0, 0.05) is 18.1 Å². The number of hydrogen-bond acceptors (Lipinski definition) is 8. The van der Waals surface area contributed by atoms with Crippen LogP contribution in [0.3, 0.4) is 0 Å². The van der Waals surface area contributed by atoms with Crippen molar-refractivity contribution in [2.75, 3.05) is 19.0 Å². The first kappa shape index (κ1) is 21.8. The highest BCUT2D eigenvalue weighted by molar-refractivity contribution is 7.99. The summed E-state index contributed by atoms with van der Waals surface area (Å²) < 4.78 is 13.1. The predicted octanol–water partition coefficient (Wildman–Crippen LogP) is 2.80. The molecule has 0 unspecified atom stereocenters. The fraction of sp³-hybridized carbons (Fsp3) is 0.500. The molecule has 166 valence electrons. The molecule has 0 saturated carbocycles. The van der Waals surface area contributed by atoms with E-state index in [-0.39, 0.29) is 18.7 Å². The summed E-state index contributed by atoms with van der Waals surface area (Å²) in [6.07, 6.45) is 2.18. The minimum absolute atomic E-state index is 0.127. The average Bonchev–Trinajstić information content (AvgIpc) is 3.49. The van der Waals surface area contributed by atoms with Gasteiger partial charge in [-0.15, -0.1) is 21.5 Å². The summed E-state index contributed by atoms with van der Waals surface area (Å²) in [6.45, 7) is 5.23. The van der Waals surface area contributed by atoms with Gasteiger partial charge < -0.3 is 20.1 Å². The molecule has 0 radical (unpaired) electrons. The van der Waals surface area contributed by atoms with Crippen molar-refractivity contribution in [1.29, 1.82) is 0 Å². The fourth-order valence-electron chi connectivity index (χ4n) is 3.67. The first-order valence-corrected chi connectivity index (χ1v) is 12.1. The minimum atomic E-state index is -0.435. The number of nitrogens with one attached hydrogen (secondary N) is 2. The normalized spacial score (nSPS) is 21.2. The molecule has 0 bridgehead atoms. The molecule has 2 atom stereocenters. The molecule has 4 rings (SSSR count). The summed E-state index contributed by atoms with van der Waals surface area (Å²) in [5, 5.41) is 17.0. The molecule has 2 aliphatic rings. The Balaban J connectivity index is 1.60. The van der Waals surface area contributed by atoms with E-state index in [0.29, 0.717) is 23.6 Å². The van der Waals surface area contributed by atoms with Crippen molar-refractivity contribution in [2.24, 2.45) is 0 Å². The lowest BCUT2D eigenvalue weighted by Crippen LogP contribution is -2.49. The third-order valence-electron chi connectivity index (χ3n) is 5.08. The lowest BCUT2D eigenvalue weighted by atomic mass is 10.1. The van der Waals surface area contributed by atoms with Crippen LogP contribution in [-0.2, 0) is 20.8 Å². The van der Waals surface area contributed by atoms with Crippen LogP contribution < -0.4 is 10.6 Å². The SMILES string of the molecule is CCOC(=O)C1=C(CSc2nnc(-c3cccs3)n2C[C@H]2CCCO2)NC(=O)N[C@@H]1C. The van der Waals surface area contributed by atoms with Crippen LogP contribution in [0.25, 0.3) is 10.7 Å². The maximum atomic E-state index is 12.5. The molecule has 9 nitrogen and oxygen atoms in total. The van der Waals surface area contributed by atoms with Crippen LogP contribution in [0, 0.1) is 0 Å². The van der Waals surface area contributed by atoms with Gasteiger partial charge in [0.25, 0.3) is 0 Å². The second-order valence-electron chi connectivity index (χ2n) is 7.25. The van der Waals surface area contributed by atoms with Gasteiger partial charge in [0.15, 0.2) is 11.0 Å². The van der Waals surface area contributed by atoms with Gasteiger partial charge in [-0.25, -0.2) is 9.59 Å². The molecule has 2 amide bonds. The van der Waals surface area contributed by atoms with Crippen LogP contribution in [0.4, 0.5) is 4.79 Å². The monoisotopic (exact) mass is 463 g/mol. The number of thioether (sulfide) groups is 1. The van der Waals surface area contributed by atoms with E-state index in [4.69, 9.17) is 9.47 Å². The molecule has 0 aromatic carbocycles. The molecular weight excluding hydrogens is 438 g/mol. The third-order valence-corrected chi connectivity index (χ3v) is 6.94. The highest BCUT2D eigenvalue weighted by Crippen LogP contribution is 2.30. The highest BCUT2D eigenvalue weighted by Gasteiger charge is 2.30. The zero-order valence-electron chi connectivity index (χ0n) is 17.4. The van der Waals surface area contributed by atoms with E-state index in [0.717, 1.165) is 35.3 Å². The number of aromatic nitrogens is 3. The number of esters is 1. The van der Waals surface area contributed by atoms with E-state index in [9.17, 15) is 9.59 Å². The molecule has 2 N–H and O–H groups in total. The molecule has 0 aliphatic carbocycles. The molecule has 31 heavy (non-hydrogen) atoms. The zero-order chi connectivity index (χ0) is 21.8. The number of carbonyl (C=O) groups is 2. The molecule has 2 aromatic heterocycles. The summed E-state index contributed by atoms with van der Waals surface area (Å²) in [4.78, 5) is 25.5. The van der Waals surface area contributed by atoms with Crippen LogP contribution in [0.2, 0.25) is 0 Å². The first-order chi connectivity index (χ1) is 15.1. The number of ether oxygens (including phenoxy) is 2. The average molecular weight is 464 g/mol. The van der Waals surface area contributed by atoms with Crippen LogP contribution in [-0.4, -0.2) is 57.9 Å². The lowest BCUT2D eigenvalue weighted by Gasteiger charge is -2.26. The van der Waals surface area contributed by atoms with Gasteiger partial charge in [-0.05, 0) is 38.1 Å². The van der Waals surface area contributed by atoms with Crippen molar-refractivity contribution in [3.05, 3.63) is 28.8 Å². The molecular formula is C20H25N5O4S2. The molecule has 0 spiro atoms. The smallest absolute Gasteiger partial charge is 0.337 e. The van der Waals surface area contributed by atoms with E-state index < -0.39 is 12.0 Å². The van der Waals surface area contributed by atoms with E-state index in [1.807, 2.05) is 17.5 Å². The molecule has 1 saturated heterocycles. The molecule has 1 fully saturated rings. The lowest BCUT2D eigenvalue weighted by molar-refractivity contribution is -0.138. The van der Waals surface area contributed by atoms with Gasteiger partial charge in [0.1, 0.15) is 0 Å².